The van der Waals surface area contributed by atoms with Gasteiger partial charge < -0.3 is 10.2 Å². The number of hydrogen-bond donors (Lipinski definition) is 1. The summed E-state index contributed by atoms with van der Waals surface area (Å²) >= 11 is 6.53. The van der Waals surface area contributed by atoms with Crippen LogP contribution in [0.3, 0.4) is 0 Å². The highest BCUT2D eigenvalue weighted by molar-refractivity contribution is 6.33. The Kier molecular flexibility index (Phi) is 7.68. The molecule has 0 bridgehead atoms. The van der Waals surface area contributed by atoms with Gasteiger partial charge in [0.15, 0.2) is 0 Å². The van der Waals surface area contributed by atoms with E-state index in [-0.39, 0.29) is 5.91 Å². The molecule has 1 aliphatic heterocycles. The zero-order valence-corrected chi connectivity index (χ0v) is 20.2. The van der Waals surface area contributed by atoms with Crippen LogP contribution in [0.25, 0.3) is 0 Å². The van der Waals surface area contributed by atoms with Crippen molar-refractivity contribution in [2.75, 3.05) is 44.2 Å². The first-order valence-corrected chi connectivity index (χ1v) is 12.0. The predicted octanol–water partition coefficient (Wildman–Crippen LogP) is 4.14. The minimum Gasteiger partial charge on any atom is -0.369 e. The van der Waals surface area contributed by atoms with E-state index in [2.05, 4.69) is 81.7 Å². The van der Waals surface area contributed by atoms with E-state index in [1.54, 1.807) is 4.68 Å². The highest BCUT2D eigenvalue weighted by Gasteiger charge is 2.21. The molecule has 3 aromatic rings. The van der Waals surface area contributed by atoms with E-state index in [1.807, 2.05) is 6.92 Å². The molecule has 1 fully saturated rings. The maximum Gasteiger partial charge on any atom is 0.256 e. The standard InChI is InChI=1S/C26H32ClN5O/c1-20-9-11-22(12-10-20)19-32-25(27)24(21(2)29-32)26(33)28-13-6-14-30-15-17-31(18-16-30)23-7-4-3-5-8-23/h3-5,7-12H,6,13-19H2,1-2H3,(H,28,33). The molecule has 0 saturated carbocycles. The zero-order chi connectivity index (χ0) is 23.2. The van der Waals surface area contributed by atoms with Crippen molar-refractivity contribution in [3.8, 4) is 0 Å². The molecule has 0 atom stereocenters. The molecule has 0 radical (unpaired) electrons. The number of rotatable bonds is 8. The van der Waals surface area contributed by atoms with E-state index in [0.717, 1.165) is 44.7 Å². The fraction of sp³-hybridized carbons (Fsp3) is 0.385. The summed E-state index contributed by atoms with van der Waals surface area (Å²) in [5, 5.41) is 7.91. The van der Waals surface area contributed by atoms with Crippen molar-refractivity contribution < 1.29 is 4.79 Å². The Balaban J connectivity index is 1.22. The number of piperazine rings is 1. The summed E-state index contributed by atoms with van der Waals surface area (Å²) in [6.45, 7) is 10.2. The molecule has 174 valence electrons. The van der Waals surface area contributed by atoms with Crippen molar-refractivity contribution in [1.82, 2.24) is 20.0 Å². The van der Waals surface area contributed by atoms with E-state index in [9.17, 15) is 4.79 Å². The molecule has 0 unspecified atom stereocenters. The van der Waals surface area contributed by atoms with Gasteiger partial charge in [0.1, 0.15) is 5.15 Å². The van der Waals surface area contributed by atoms with Crippen LogP contribution < -0.4 is 10.2 Å². The summed E-state index contributed by atoms with van der Waals surface area (Å²) in [6, 6.07) is 18.8. The Hall–Kier alpha value is -2.83. The number of aromatic nitrogens is 2. The van der Waals surface area contributed by atoms with Gasteiger partial charge in [-0.25, -0.2) is 4.68 Å². The van der Waals surface area contributed by atoms with Gasteiger partial charge in [-0.05, 0) is 44.5 Å². The van der Waals surface area contributed by atoms with Crippen LogP contribution in [0.5, 0.6) is 0 Å². The second-order valence-electron chi connectivity index (χ2n) is 8.67. The van der Waals surface area contributed by atoms with Gasteiger partial charge in [-0.2, -0.15) is 5.10 Å². The summed E-state index contributed by atoms with van der Waals surface area (Å²) in [6.07, 6.45) is 0.908. The van der Waals surface area contributed by atoms with E-state index in [1.165, 1.54) is 11.3 Å². The van der Waals surface area contributed by atoms with Crippen LogP contribution in [-0.2, 0) is 6.54 Å². The second-order valence-corrected chi connectivity index (χ2v) is 9.03. The van der Waals surface area contributed by atoms with E-state index in [0.29, 0.717) is 29.5 Å². The average molecular weight is 466 g/mol. The molecule has 4 rings (SSSR count). The minimum atomic E-state index is -0.151. The molecular weight excluding hydrogens is 434 g/mol. The van der Waals surface area contributed by atoms with E-state index in [4.69, 9.17) is 11.6 Å². The molecule has 1 amide bonds. The van der Waals surface area contributed by atoms with E-state index < -0.39 is 0 Å². The van der Waals surface area contributed by atoms with Crippen molar-refractivity contribution in [3.05, 3.63) is 82.1 Å². The molecule has 6 nitrogen and oxygen atoms in total. The lowest BCUT2D eigenvalue weighted by Crippen LogP contribution is -2.47. The maximum atomic E-state index is 12.8. The topological polar surface area (TPSA) is 53.4 Å². The third kappa shape index (κ3) is 5.95. The quantitative estimate of drug-likeness (QED) is 0.508. The normalized spacial score (nSPS) is 14.5. The molecule has 1 aromatic heterocycles. The van der Waals surface area contributed by atoms with Crippen molar-refractivity contribution >= 4 is 23.2 Å². The third-order valence-corrected chi connectivity index (χ3v) is 6.56. The summed E-state index contributed by atoms with van der Waals surface area (Å²) in [4.78, 5) is 17.7. The van der Waals surface area contributed by atoms with Crippen LogP contribution in [-0.4, -0.2) is 59.9 Å². The van der Waals surface area contributed by atoms with Crippen molar-refractivity contribution in [2.24, 2.45) is 0 Å². The monoisotopic (exact) mass is 465 g/mol. The Morgan fingerprint density at radius 1 is 1.00 bits per heavy atom. The molecule has 0 spiro atoms. The van der Waals surface area contributed by atoms with Crippen LogP contribution in [0.15, 0.2) is 54.6 Å². The SMILES string of the molecule is Cc1ccc(Cn2nc(C)c(C(=O)NCCCN3CCN(c4ccccc4)CC3)c2Cl)cc1. The molecular formula is C26H32ClN5O. The van der Waals surface area contributed by atoms with Gasteiger partial charge in [0.05, 0.1) is 17.8 Å². The smallest absolute Gasteiger partial charge is 0.256 e. The molecule has 1 N–H and O–H groups in total. The number of benzene rings is 2. The van der Waals surface area contributed by atoms with Gasteiger partial charge in [0.25, 0.3) is 5.91 Å². The van der Waals surface area contributed by atoms with Crippen molar-refractivity contribution in [1.29, 1.82) is 0 Å². The molecule has 7 heteroatoms. The Bertz CT molecular complexity index is 1060. The fourth-order valence-electron chi connectivity index (χ4n) is 4.24. The number of amides is 1. The maximum absolute atomic E-state index is 12.8. The summed E-state index contributed by atoms with van der Waals surface area (Å²) in [5.74, 6) is -0.151. The van der Waals surface area contributed by atoms with Crippen LogP contribution in [0.1, 0.15) is 33.6 Å². The first-order valence-electron chi connectivity index (χ1n) is 11.6. The minimum absolute atomic E-state index is 0.151. The average Bonchev–Trinajstić information content (AvgIpc) is 3.11. The van der Waals surface area contributed by atoms with Gasteiger partial charge in [-0.15, -0.1) is 0 Å². The van der Waals surface area contributed by atoms with Crippen LogP contribution in [0.4, 0.5) is 5.69 Å². The lowest BCUT2D eigenvalue weighted by atomic mass is 10.1. The molecule has 33 heavy (non-hydrogen) atoms. The first-order chi connectivity index (χ1) is 16.0. The van der Waals surface area contributed by atoms with Crippen LogP contribution >= 0.6 is 11.6 Å². The first kappa shape index (κ1) is 23.3. The Morgan fingerprint density at radius 2 is 1.70 bits per heavy atom. The second kappa shape index (κ2) is 10.9. The van der Waals surface area contributed by atoms with Gasteiger partial charge in [-0.3, -0.25) is 9.69 Å². The lowest BCUT2D eigenvalue weighted by Gasteiger charge is -2.36. The molecule has 1 saturated heterocycles. The number of nitrogens with zero attached hydrogens (tertiary/aromatic N) is 4. The highest BCUT2D eigenvalue weighted by Crippen LogP contribution is 2.21. The van der Waals surface area contributed by atoms with Gasteiger partial charge in [-0.1, -0.05) is 59.6 Å². The number of halogens is 1. The summed E-state index contributed by atoms with van der Waals surface area (Å²) < 4.78 is 1.70. The zero-order valence-electron chi connectivity index (χ0n) is 19.4. The number of para-hydroxylation sites is 1. The Labute approximate surface area is 201 Å². The summed E-state index contributed by atoms with van der Waals surface area (Å²) in [7, 11) is 0. The fourth-order valence-corrected chi connectivity index (χ4v) is 4.56. The third-order valence-electron chi connectivity index (χ3n) is 6.18. The number of hydrogen-bond acceptors (Lipinski definition) is 4. The number of anilines is 1. The summed E-state index contributed by atoms with van der Waals surface area (Å²) in [5.41, 5.74) is 4.73. The number of carbonyl (C=O) groups is 1. The molecule has 1 aliphatic rings. The molecule has 2 aromatic carbocycles. The predicted molar refractivity (Wildman–Crippen MR) is 134 cm³/mol. The largest absolute Gasteiger partial charge is 0.369 e. The number of nitrogens with one attached hydrogen (secondary N) is 1. The van der Waals surface area contributed by atoms with Crippen LogP contribution in [0.2, 0.25) is 5.15 Å². The van der Waals surface area contributed by atoms with Gasteiger partial charge >= 0.3 is 0 Å². The lowest BCUT2D eigenvalue weighted by molar-refractivity contribution is 0.0951. The highest BCUT2D eigenvalue weighted by atomic mass is 35.5. The number of aryl methyl sites for hydroxylation is 2. The van der Waals surface area contributed by atoms with Crippen molar-refractivity contribution in [2.45, 2.75) is 26.8 Å². The van der Waals surface area contributed by atoms with Gasteiger partial charge in [0.2, 0.25) is 0 Å². The van der Waals surface area contributed by atoms with Crippen molar-refractivity contribution in [3.63, 3.8) is 0 Å². The Morgan fingerprint density at radius 3 is 2.39 bits per heavy atom. The van der Waals surface area contributed by atoms with Gasteiger partial charge in [0, 0.05) is 38.4 Å². The van der Waals surface area contributed by atoms with E-state index >= 15 is 0 Å². The number of carbonyl (C=O) groups excluding carboxylic acids is 1. The molecule has 0 aliphatic carbocycles. The van der Waals surface area contributed by atoms with Crippen LogP contribution in [0, 0.1) is 13.8 Å². The molecule has 2 heterocycles.